The summed E-state index contributed by atoms with van der Waals surface area (Å²) in [5.41, 5.74) is 1.54. The Kier molecular flexibility index (Phi) is 4.93. The number of rotatable bonds is 5. The molecule has 3 heterocycles. The van der Waals surface area contributed by atoms with Crippen LogP contribution in [0.2, 0.25) is 0 Å². The number of pyridine rings is 1. The number of carbonyl (C=O) groups excluding carboxylic acids is 1. The summed E-state index contributed by atoms with van der Waals surface area (Å²) in [5, 5.41) is 13.4. The van der Waals surface area contributed by atoms with Gasteiger partial charge >= 0.3 is 0 Å². The summed E-state index contributed by atoms with van der Waals surface area (Å²) in [6, 6.07) is 4.32. The van der Waals surface area contributed by atoms with Crippen LogP contribution in [0.3, 0.4) is 0 Å². The van der Waals surface area contributed by atoms with Crippen LogP contribution in [0.1, 0.15) is 42.6 Å². The molecule has 0 fully saturated rings. The molecule has 0 unspecified atom stereocenters. The number of nitrogens with zero attached hydrogens (tertiary/aromatic N) is 3. The van der Waals surface area contributed by atoms with Gasteiger partial charge in [0.15, 0.2) is 0 Å². The van der Waals surface area contributed by atoms with Gasteiger partial charge in [0.1, 0.15) is 29.6 Å². The minimum absolute atomic E-state index is 0.106. The number of amides is 1. The molecule has 3 aromatic rings. The van der Waals surface area contributed by atoms with Crippen molar-refractivity contribution in [2.75, 3.05) is 0 Å². The molecule has 3 rings (SSSR count). The van der Waals surface area contributed by atoms with Crippen molar-refractivity contribution in [2.45, 2.75) is 39.8 Å². The van der Waals surface area contributed by atoms with Gasteiger partial charge in [0.25, 0.3) is 5.91 Å². The van der Waals surface area contributed by atoms with E-state index in [-0.39, 0.29) is 23.9 Å². The van der Waals surface area contributed by atoms with Crippen LogP contribution in [0.25, 0.3) is 11.4 Å². The summed E-state index contributed by atoms with van der Waals surface area (Å²) in [6.07, 6.45) is 1.11. The third-order valence-electron chi connectivity index (χ3n) is 3.61. The third-order valence-corrected chi connectivity index (χ3v) is 3.61. The Morgan fingerprint density at radius 2 is 2.15 bits per heavy atom. The SMILES string of the molecule is Cc1onc(-c2ccc(F)cn2)c1COc1cc(C(=O)NC(C)(C)C)[nH]n1. The van der Waals surface area contributed by atoms with Crippen LogP contribution in [0, 0.1) is 12.7 Å². The van der Waals surface area contributed by atoms with Gasteiger partial charge in [-0.3, -0.25) is 14.9 Å². The minimum atomic E-state index is -0.436. The highest BCUT2D eigenvalue weighted by molar-refractivity contribution is 5.92. The van der Waals surface area contributed by atoms with Crippen molar-refractivity contribution in [3.8, 4) is 17.3 Å². The quantitative estimate of drug-likeness (QED) is 0.712. The van der Waals surface area contributed by atoms with E-state index in [0.29, 0.717) is 28.4 Å². The molecular weight excluding hydrogens is 353 g/mol. The first kappa shape index (κ1) is 18.6. The van der Waals surface area contributed by atoms with E-state index in [1.54, 1.807) is 6.92 Å². The van der Waals surface area contributed by atoms with Crippen molar-refractivity contribution < 1.29 is 18.4 Å². The molecule has 27 heavy (non-hydrogen) atoms. The van der Waals surface area contributed by atoms with E-state index in [4.69, 9.17) is 9.26 Å². The predicted octanol–water partition coefficient (Wildman–Crippen LogP) is 3.01. The van der Waals surface area contributed by atoms with Crippen LogP contribution in [-0.4, -0.2) is 31.8 Å². The zero-order valence-electron chi connectivity index (χ0n) is 15.5. The van der Waals surface area contributed by atoms with Gasteiger partial charge in [-0.2, -0.15) is 0 Å². The molecule has 0 aliphatic heterocycles. The average Bonchev–Trinajstić information content (AvgIpc) is 3.19. The van der Waals surface area contributed by atoms with Crippen molar-refractivity contribution in [1.29, 1.82) is 0 Å². The van der Waals surface area contributed by atoms with Crippen LogP contribution < -0.4 is 10.1 Å². The maximum atomic E-state index is 13.1. The summed E-state index contributed by atoms with van der Waals surface area (Å²) in [4.78, 5) is 16.1. The van der Waals surface area contributed by atoms with Crippen LogP contribution >= 0.6 is 0 Å². The number of aromatic amines is 1. The number of ether oxygens (including phenoxy) is 1. The van der Waals surface area contributed by atoms with Crippen molar-refractivity contribution >= 4 is 5.91 Å². The lowest BCUT2D eigenvalue weighted by Crippen LogP contribution is -2.40. The molecule has 0 spiro atoms. The fourth-order valence-corrected chi connectivity index (χ4v) is 2.33. The van der Waals surface area contributed by atoms with Gasteiger partial charge in [0.2, 0.25) is 5.88 Å². The number of halogens is 1. The second-order valence-corrected chi connectivity index (χ2v) is 7.04. The normalized spacial score (nSPS) is 11.4. The second-order valence-electron chi connectivity index (χ2n) is 7.04. The maximum absolute atomic E-state index is 13.1. The lowest BCUT2D eigenvalue weighted by Gasteiger charge is -2.19. The minimum Gasteiger partial charge on any atom is -0.472 e. The zero-order chi connectivity index (χ0) is 19.6. The smallest absolute Gasteiger partial charge is 0.269 e. The van der Waals surface area contributed by atoms with Gasteiger partial charge in [-0.1, -0.05) is 5.16 Å². The van der Waals surface area contributed by atoms with Crippen LogP contribution in [0.15, 0.2) is 28.9 Å². The Balaban J connectivity index is 1.72. The van der Waals surface area contributed by atoms with Crippen molar-refractivity contribution in [1.82, 2.24) is 25.7 Å². The highest BCUT2D eigenvalue weighted by Crippen LogP contribution is 2.25. The molecule has 9 heteroatoms. The van der Waals surface area contributed by atoms with E-state index in [2.05, 4.69) is 25.7 Å². The van der Waals surface area contributed by atoms with E-state index >= 15 is 0 Å². The van der Waals surface area contributed by atoms with E-state index < -0.39 is 5.82 Å². The van der Waals surface area contributed by atoms with Gasteiger partial charge in [-0.15, -0.1) is 5.10 Å². The van der Waals surface area contributed by atoms with E-state index in [1.807, 2.05) is 20.8 Å². The summed E-state index contributed by atoms with van der Waals surface area (Å²) in [7, 11) is 0. The topological polar surface area (TPSA) is 106 Å². The number of hydrogen-bond donors (Lipinski definition) is 2. The van der Waals surface area contributed by atoms with Crippen molar-refractivity contribution in [3.63, 3.8) is 0 Å². The highest BCUT2D eigenvalue weighted by Gasteiger charge is 2.19. The summed E-state index contributed by atoms with van der Waals surface area (Å²) in [5.74, 6) is 0.0987. The Bertz CT molecular complexity index is 941. The molecule has 3 aromatic heterocycles. The molecule has 8 nitrogen and oxygen atoms in total. The first-order chi connectivity index (χ1) is 12.7. The first-order valence-electron chi connectivity index (χ1n) is 8.31. The average molecular weight is 373 g/mol. The molecule has 142 valence electrons. The first-order valence-corrected chi connectivity index (χ1v) is 8.31. The summed E-state index contributed by atoms with van der Waals surface area (Å²) < 4.78 is 23.9. The summed E-state index contributed by atoms with van der Waals surface area (Å²) >= 11 is 0. The van der Waals surface area contributed by atoms with Crippen LogP contribution in [-0.2, 0) is 6.61 Å². The highest BCUT2D eigenvalue weighted by atomic mass is 19.1. The Morgan fingerprint density at radius 1 is 1.37 bits per heavy atom. The van der Waals surface area contributed by atoms with Gasteiger partial charge in [0, 0.05) is 11.6 Å². The number of H-pyrrole nitrogens is 1. The Labute approximate surface area is 155 Å². The third kappa shape index (κ3) is 4.49. The van der Waals surface area contributed by atoms with Gasteiger partial charge in [-0.05, 0) is 39.8 Å². The van der Waals surface area contributed by atoms with Gasteiger partial charge in [0.05, 0.1) is 17.5 Å². The van der Waals surface area contributed by atoms with E-state index in [1.165, 1.54) is 18.2 Å². The predicted molar refractivity (Wildman–Crippen MR) is 94.6 cm³/mol. The van der Waals surface area contributed by atoms with Crippen molar-refractivity contribution in [2.24, 2.45) is 0 Å². The molecule has 0 bridgehead atoms. The zero-order valence-corrected chi connectivity index (χ0v) is 15.5. The number of nitrogens with one attached hydrogen (secondary N) is 2. The lowest BCUT2D eigenvalue weighted by molar-refractivity contribution is 0.0914. The van der Waals surface area contributed by atoms with Crippen molar-refractivity contribution in [3.05, 3.63) is 47.2 Å². The van der Waals surface area contributed by atoms with E-state index in [9.17, 15) is 9.18 Å². The maximum Gasteiger partial charge on any atom is 0.269 e. The molecular formula is C18H20FN5O3. The van der Waals surface area contributed by atoms with Crippen LogP contribution in [0.5, 0.6) is 5.88 Å². The molecule has 0 radical (unpaired) electrons. The number of aryl methyl sites for hydroxylation is 1. The fraction of sp³-hybridized carbons (Fsp3) is 0.333. The molecule has 0 atom stereocenters. The largest absolute Gasteiger partial charge is 0.472 e. The van der Waals surface area contributed by atoms with Crippen LogP contribution in [0.4, 0.5) is 4.39 Å². The molecule has 0 aromatic carbocycles. The Hall–Kier alpha value is -3.23. The second kappa shape index (κ2) is 7.18. The molecule has 0 aliphatic rings. The lowest BCUT2D eigenvalue weighted by atomic mass is 10.1. The fourth-order valence-electron chi connectivity index (χ4n) is 2.33. The van der Waals surface area contributed by atoms with Gasteiger partial charge in [-0.25, -0.2) is 4.39 Å². The van der Waals surface area contributed by atoms with E-state index in [0.717, 1.165) is 6.20 Å². The number of aromatic nitrogens is 4. The number of carbonyl (C=O) groups is 1. The standard InChI is InChI=1S/C18H20FN5O3/c1-10-12(16(24-27-10)13-6-5-11(19)8-20-13)9-26-15-7-14(22-23-15)17(25)21-18(2,3)4/h5-8H,9H2,1-4H3,(H,21,25)(H,22,23). The van der Waals surface area contributed by atoms with Gasteiger partial charge < -0.3 is 14.6 Å². The summed E-state index contributed by atoms with van der Waals surface area (Å²) in [6.45, 7) is 7.51. The Morgan fingerprint density at radius 3 is 2.81 bits per heavy atom. The molecule has 0 saturated heterocycles. The molecule has 0 aliphatic carbocycles. The monoisotopic (exact) mass is 373 g/mol. The molecule has 0 saturated carbocycles. The molecule has 1 amide bonds. The molecule has 2 N–H and O–H groups in total. The number of hydrogen-bond acceptors (Lipinski definition) is 6.